The van der Waals surface area contributed by atoms with Crippen LogP contribution in [0.5, 0.6) is 0 Å². The molecule has 0 radical (unpaired) electrons. The van der Waals surface area contributed by atoms with Crippen LogP contribution in [-0.2, 0) is 11.3 Å². The summed E-state index contributed by atoms with van der Waals surface area (Å²) in [5.74, 6) is -0.672. The van der Waals surface area contributed by atoms with Gasteiger partial charge in [0.05, 0.1) is 37.6 Å². The Labute approximate surface area is 147 Å². The van der Waals surface area contributed by atoms with Crippen LogP contribution in [0.2, 0.25) is 0 Å². The number of carbonyl (C=O) groups is 2. The van der Waals surface area contributed by atoms with Crippen LogP contribution in [0.3, 0.4) is 0 Å². The van der Waals surface area contributed by atoms with E-state index in [1.54, 1.807) is 35.4 Å². The van der Waals surface area contributed by atoms with Crippen molar-refractivity contribution in [2.45, 2.75) is 25.9 Å². The number of amides is 1. The van der Waals surface area contributed by atoms with Crippen LogP contribution >= 0.6 is 0 Å². The second kappa shape index (κ2) is 8.94. The normalized spacial score (nSPS) is 11.6. The molecule has 0 saturated heterocycles. The summed E-state index contributed by atoms with van der Waals surface area (Å²) in [6.07, 6.45) is 2.29. The lowest BCUT2D eigenvalue weighted by Crippen LogP contribution is -2.41. The van der Waals surface area contributed by atoms with E-state index in [0.717, 1.165) is 5.69 Å². The van der Waals surface area contributed by atoms with Gasteiger partial charge in [-0.25, -0.2) is 4.79 Å². The first kappa shape index (κ1) is 18.6. The van der Waals surface area contributed by atoms with Crippen LogP contribution < -0.4 is 0 Å². The smallest absolute Gasteiger partial charge is 0.337 e. The lowest BCUT2D eigenvalue weighted by Gasteiger charge is -2.30. The molecule has 6 nitrogen and oxygen atoms in total. The van der Waals surface area contributed by atoms with E-state index in [0.29, 0.717) is 24.1 Å². The summed E-state index contributed by atoms with van der Waals surface area (Å²) in [7, 11) is 1.31. The first-order valence-corrected chi connectivity index (χ1v) is 8.10. The maximum Gasteiger partial charge on any atom is 0.337 e. The molecule has 0 aliphatic rings. The van der Waals surface area contributed by atoms with E-state index < -0.39 is 5.97 Å². The van der Waals surface area contributed by atoms with Gasteiger partial charge in [0.15, 0.2) is 0 Å². The maximum atomic E-state index is 12.9. The number of aromatic nitrogens is 1. The van der Waals surface area contributed by atoms with Gasteiger partial charge in [0.25, 0.3) is 5.91 Å². The summed E-state index contributed by atoms with van der Waals surface area (Å²) < 4.78 is 4.66. The minimum absolute atomic E-state index is 0.130. The Balaban J connectivity index is 2.26. The standard InChI is InChI=1S/C19H22N2O4/c1-3-17(13-22)21(12-16-6-4-5-11-20-16)18(23)14-7-9-15(10-8-14)19(24)25-2/h4-11,17,22H,3,12-13H2,1-2H3/t17-/m1/s1. The van der Waals surface area contributed by atoms with E-state index >= 15 is 0 Å². The summed E-state index contributed by atoms with van der Waals surface area (Å²) in [6.45, 7) is 2.09. The summed E-state index contributed by atoms with van der Waals surface area (Å²) in [5.41, 5.74) is 1.56. The number of aliphatic hydroxyl groups excluding tert-OH is 1. The maximum absolute atomic E-state index is 12.9. The van der Waals surface area contributed by atoms with E-state index in [4.69, 9.17) is 0 Å². The minimum Gasteiger partial charge on any atom is -0.465 e. The average molecular weight is 342 g/mol. The number of carbonyl (C=O) groups excluding carboxylic acids is 2. The molecule has 0 aliphatic heterocycles. The highest BCUT2D eigenvalue weighted by molar-refractivity contribution is 5.96. The van der Waals surface area contributed by atoms with Crippen LogP contribution in [0.4, 0.5) is 0 Å². The summed E-state index contributed by atoms with van der Waals surface area (Å²) in [6, 6.07) is 11.5. The topological polar surface area (TPSA) is 79.7 Å². The van der Waals surface area contributed by atoms with Crippen molar-refractivity contribution in [2.24, 2.45) is 0 Å². The third-order valence-corrected chi connectivity index (χ3v) is 4.00. The first-order valence-electron chi connectivity index (χ1n) is 8.10. The molecule has 2 rings (SSSR count). The molecule has 2 aromatic rings. The second-order valence-corrected chi connectivity index (χ2v) is 5.57. The fourth-order valence-electron chi connectivity index (χ4n) is 2.51. The van der Waals surface area contributed by atoms with E-state index in [9.17, 15) is 14.7 Å². The zero-order chi connectivity index (χ0) is 18.2. The average Bonchev–Trinajstić information content (AvgIpc) is 2.68. The summed E-state index contributed by atoms with van der Waals surface area (Å²) in [5, 5.41) is 9.64. The van der Waals surface area contributed by atoms with Crippen molar-refractivity contribution in [3.05, 3.63) is 65.5 Å². The highest BCUT2D eigenvalue weighted by Crippen LogP contribution is 2.15. The van der Waals surface area contributed by atoms with Gasteiger partial charge >= 0.3 is 5.97 Å². The molecule has 1 heterocycles. The predicted octanol–water partition coefficient (Wildman–Crippen LogP) is 2.28. The first-order chi connectivity index (χ1) is 12.1. The quantitative estimate of drug-likeness (QED) is 0.781. The van der Waals surface area contributed by atoms with E-state index in [-0.39, 0.29) is 18.6 Å². The summed E-state index contributed by atoms with van der Waals surface area (Å²) >= 11 is 0. The number of aliphatic hydroxyl groups is 1. The molecule has 25 heavy (non-hydrogen) atoms. The largest absolute Gasteiger partial charge is 0.465 e. The molecule has 0 fully saturated rings. The van der Waals surface area contributed by atoms with Gasteiger partial charge in [-0.2, -0.15) is 0 Å². The molecular formula is C19H22N2O4. The van der Waals surface area contributed by atoms with E-state index in [2.05, 4.69) is 9.72 Å². The Morgan fingerprint density at radius 1 is 1.16 bits per heavy atom. The van der Waals surface area contributed by atoms with Crippen LogP contribution in [0.15, 0.2) is 48.7 Å². The third-order valence-electron chi connectivity index (χ3n) is 4.00. The molecule has 0 spiro atoms. The SMILES string of the molecule is CC[C@H](CO)N(Cc1ccccn1)C(=O)c1ccc(C(=O)OC)cc1. The zero-order valence-electron chi connectivity index (χ0n) is 14.4. The third kappa shape index (κ3) is 4.64. The molecule has 132 valence electrons. The molecule has 6 heteroatoms. The molecule has 0 saturated carbocycles. The molecule has 0 bridgehead atoms. The molecule has 0 aliphatic carbocycles. The van der Waals surface area contributed by atoms with Crippen molar-refractivity contribution < 1.29 is 19.4 Å². The monoisotopic (exact) mass is 342 g/mol. The highest BCUT2D eigenvalue weighted by atomic mass is 16.5. The zero-order valence-corrected chi connectivity index (χ0v) is 14.4. The van der Waals surface area contributed by atoms with Gasteiger partial charge in [0, 0.05) is 11.8 Å². The van der Waals surface area contributed by atoms with Gasteiger partial charge in [-0.1, -0.05) is 13.0 Å². The van der Waals surface area contributed by atoms with Gasteiger partial charge in [0.2, 0.25) is 0 Å². The predicted molar refractivity (Wildman–Crippen MR) is 93.1 cm³/mol. The number of hydrogen-bond acceptors (Lipinski definition) is 5. The van der Waals surface area contributed by atoms with Crippen molar-refractivity contribution in [3.8, 4) is 0 Å². The van der Waals surface area contributed by atoms with Gasteiger partial charge in [0.1, 0.15) is 0 Å². The van der Waals surface area contributed by atoms with E-state index in [1.807, 2.05) is 25.1 Å². The second-order valence-electron chi connectivity index (χ2n) is 5.57. The molecule has 0 unspecified atom stereocenters. The van der Waals surface area contributed by atoms with Gasteiger partial charge < -0.3 is 14.7 Å². The van der Waals surface area contributed by atoms with Crippen LogP contribution in [0.25, 0.3) is 0 Å². The van der Waals surface area contributed by atoms with Crippen molar-refractivity contribution in [1.82, 2.24) is 9.88 Å². The van der Waals surface area contributed by atoms with Gasteiger partial charge in [-0.05, 0) is 42.8 Å². The molecule has 1 N–H and O–H groups in total. The number of rotatable bonds is 7. The Bertz CT molecular complexity index is 697. The Hall–Kier alpha value is -2.73. The van der Waals surface area contributed by atoms with Crippen LogP contribution in [-0.4, -0.2) is 46.6 Å². The van der Waals surface area contributed by atoms with Gasteiger partial charge in [-0.15, -0.1) is 0 Å². The van der Waals surface area contributed by atoms with Crippen molar-refractivity contribution in [3.63, 3.8) is 0 Å². The number of ether oxygens (including phenoxy) is 1. The fraction of sp³-hybridized carbons (Fsp3) is 0.316. The summed E-state index contributed by atoms with van der Waals surface area (Å²) in [4.78, 5) is 30.3. The number of benzene rings is 1. The Kier molecular flexibility index (Phi) is 6.65. The van der Waals surface area contributed by atoms with Crippen molar-refractivity contribution in [2.75, 3.05) is 13.7 Å². The number of methoxy groups -OCH3 is 1. The van der Waals surface area contributed by atoms with Crippen LogP contribution in [0, 0.1) is 0 Å². The van der Waals surface area contributed by atoms with Crippen molar-refractivity contribution >= 4 is 11.9 Å². The number of nitrogens with zero attached hydrogens (tertiary/aromatic N) is 2. The molecule has 1 amide bonds. The Morgan fingerprint density at radius 2 is 1.84 bits per heavy atom. The lowest BCUT2D eigenvalue weighted by atomic mass is 10.1. The fourth-order valence-corrected chi connectivity index (χ4v) is 2.51. The number of hydrogen-bond donors (Lipinski definition) is 1. The minimum atomic E-state index is -0.453. The van der Waals surface area contributed by atoms with E-state index in [1.165, 1.54) is 7.11 Å². The number of esters is 1. The molecule has 1 atom stereocenters. The van der Waals surface area contributed by atoms with Gasteiger partial charge in [-0.3, -0.25) is 9.78 Å². The lowest BCUT2D eigenvalue weighted by molar-refractivity contribution is 0.0557. The highest BCUT2D eigenvalue weighted by Gasteiger charge is 2.24. The molecule has 1 aromatic heterocycles. The molecular weight excluding hydrogens is 320 g/mol. The molecule has 1 aromatic carbocycles. The van der Waals surface area contributed by atoms with Crippen molar-refractivity contribution in [1.29, 1.82) is 0 Å². The van der Waals surface area contributed by atoms with Crippen LogP contribution in [0.1, 0.15) is 39.8 Å². The Morgan fingerprint density at radius 3 is 2.36 bits per heavy atom. The number of pyridine rings is 1.